The Hall–Kier alpha value is -2.30. The number of H-pyrrole nitrogens is 1. The van der Waals surface area contributed by atoms with Crippen LogP contribution in [0.2, 0.25) is 0 Å². The van der Waals surface area contributed by atoms with Gasteiger partial charge in [-0.25, -0.2) is 4.79 Å². The molecule has 1 aromatic heterocycles. The molecule has 1 heterocycles. The number of benzene rings is 2. The number of esters is 1. The number of nitrogens with two attached hydrogens (primary N) is 1. The van der Waals surface area contributed by atoms with Gasteiger partial charge in [0.2, 0.25) is 0 Å². The number of carbonyl (C=O) groups excluding carboxylic acids is 1. The van der Waals surface area contributed by atoms with Crippen molar-refractivity contribution in [3.63, 3.8) is 0 Å². The van der Waals surface area contributed by atoms with Crippen molar-refractivity contribution in [3.05, 3.63) is 70.9 Å². The second kappa shape index (κ2) is 7.31. The molecule has 4 nitrogen and oxygen atoms in total. The van der Waals surface area contributed by atoms with Gasteiger partial charge in [-0.1, -0.05) is 36.4 Å². The molecule has 0 fully saturated rings. The van der Waals surface area contributed by atoms with E-state index in [-0.39, 0.29) is 25.0 Å². The quantitative estimate of drug-likeness (QED) is 0.716. The minimum absolute atomic E-state index is 0. The summed E-state index contributed by atoms with van der Waals surface area (Å²) in [5, 5.41) is 0.860. The number of aryl methyl sites for hydroxylation is 1. The minimum atomic E-state index is -0.318. The molecule has 23 heavy (non-hydrogen) atoms. The molecule has 0 amide bonds. The van der Waals surface area contributed by atoms with Crippen LogP contribution in [0, 0.1) is 6.92 Å². The van der Waals surface area contributed by atoms with Crippen molar-refractivity contribution in [2.24, 2.45) is 5.73 Å². The third kappa shape index (κ3) is 3.55. The van der Waals surface area contributed by atoms with E-state index in [1.54, 1.807) is 0 Å². The van der Waals surface area contributed by atoms with Gasteiger partial charge in [0, 0.05) is 23.1 Å². The predicted octanol–water partition coefficient (Wildman–Crippen LogP) is 3.71. The van der Waals surface area contributed by atoms with Gasteiger partial charge in [0.15, 0.2) is 0 Å². The first-order valence-corrected chi connectivity index (χ1v) is 7.21. The van der Waals surface area contributed by atoms with Gasteiger partial charge < -0.3 is 15.5 Å². The summed E-state index contributed by atoms with van der Waals surface area (Å²) in [6.07, 6.45) is 0. The Bertz CT molecular complexity index is 813. The highest BCUT2D eigenvalue weighted by Crippen LogP contribution is 2.24. The van der Waals surface area contributed by atoms with Crippen LogP contribution in [0.15, 0.2) is 48.5 Å². The molecule has 2 aromatic carbocycles. The Labute approximate surface area is 141 Å². The van der Waals surface area contributed by atoms with Crippen LogP contribution in [0.4, 0.5) is 0 Å². The maximum Gasteiger partial charge on any atom is 0.340 e. The smallest absolute Gasteiger partial charge is 0.340 e. The van der Waals surface area contributed by atoms with Crippen LogP contribution in [0.3, 0.4) is 0 Å². The monoisotopic (exact) mass is 330 g/mol. The Kier molecular flexibility index (Phi) is 5.42. The number of carbonyl (C=O) groups is 1. The van der Waals surface area contributed by atoms with E-state index in [2.05, 4.69) is 4.98 Å². The molecule has 0 spiro atoms. The van der Waals surface area contributed by atoms with Crippen LogP contribution < -0.4 is 5.73 Å². The lowest BCUT2D eigenvalue weighted by molar-refractivity contribution is 0.0474. The average molecular weight is 331 g/mol. The standard InChI is InChI=1S/C18H18N2O2.ClH/c1-12-17(15-9-14(10-19)7-8-16(15)20-12)18(21)22-11-13-5-3-2-4-6-13;/h2-9,20H,10-11,19H2,1H3;1H. The molecule has 0 aliphatic heterocycles. The molecular formula is C18H19ClN2O2. The molecule has 5 heteroatoms. The van der Waals surface area contributed by atoms with Crippen molar-refractivity contribution in [3.8, 4) is 0 Å². The lowest BCUT2D eigenvalue weighted by Crippen LogP contribution is -2.06. The first kappa shape index (κ1) is 17.1. The fourth-order valence-electron chi connectivity index (χ4n) is 2.56. The highest BCUT2D eigenvalue weighted by Gasteiger charge is 2.17. The Morgan fingerprint density at radius 1 is 1.13 bits per heavy atom. The third-order valence-electron chi connectivity index (χ3n) is 3.70. The number of hydrogen-bond donors (Lipinski definition) is 2. The highest BCUT2D eigenvalue weighted by atomic mass is 35.5. The molecule has 3 N–H and O–H groups in total. The van der Waals surface area contributed by atoms with E-state index >= 15 is 0 Å². The van der Waals surface area contributed by atoms with E-state index in [0.717, 1.165) is 27.7 Å². The van der Waals surface area contributed by atoms with E-state index < -0.39 is 0 Å². The molecule has 0 bridgehead atoms. The van der Waals surface area contributed by atoms with E-state index in [4.69, 9.17) is 10.5 Å². The van der Waals surface area contributed by atoms with Crippen molar-refractivity contribution in [2.45, 2.75) is 20.1 Å². The molecule has 0 aliphatic carbocycles. The molecule has 0 unspecified atom stereocenters. The van der Waals surface area contributed by atoms with Crippen LogP contribution in [0.1, 0.15) is 27.2 Å². The molecule has 0 atom stereocenters. The molecule has 120 valence electrons. The van der Waals surface area contributed by atoms with Gasteiger partial charge in [0.05, 0.1) is 5.56 Å². The lowest BCUT2D eigenvalue weighted by Gasteiger charge is -2.05. The normalized spacial score (nSPS) is 10.3. The second-order valence-electron chi connectivity index (χ2n) is 5.27. The van der Waals surface area contributed by atoms with Crippen molar-refractivity contribution in [2.75, 3.05) is 0 Å². The fraction of sp³-hybridized carbons (Fsp3) is 0.167. The fourth-order valence-corrected chi connectivity index (χ4v) is 2.56. The number of rotatable bonds is 4. The summed E-state index contributed by atoms with van der Waals surface area (Å²) < 4.78 is 5.44. The van der Waals surface area contributed by atoms with E-state index in [9.17, 15) is 4.79 Å². The molecular weight excluding hydrogens is 312 g/mol. The Balaban J connectivity index is 0.00000192. The number of aromatic nitrogens is 1. The van der Waals surface area contributed by atoms with Gasteiger partial charge in [-0.15, -0.1) is 12.4 Å². The Morgan fingerprint density at radius 2 is 1.87 bits per heavy atom. The van der Waals surface area contributed by atoms with Crippen LogP contribution in [0.25, 0.3) is 10.9 Å². The van der Waals surface area contributed by atoms with Gasteiger partial charge in [0.25, 0.3) is 0 Å². The van der Waals surface area contributed by atoms with Gasteiger partial charge >= 0.3 is 5.97 Å². The largest absolute Gasteiger partial charge is 0.457 e. The third-order valence-corrected chi connectivity index (χ3v) is 3.70. The summed E-state index contributed by atoms with van der Waals surface area (Å²) in [7, 11) is 0. The van der Waals surface area contributed by atoms with Gasteiger partial charge in [0.1, 0.15) is 6.61 Å². The number of fused-ring (bicyclic) bond motifs is 1. The SMILES string of the molecule is Cc1[nH]c2ccc(CN)cc2c1C(=O)OCc1ccccc1.Cl. The molecule has 3 rings (SSSR count). The van der Waals surface area contributed by atoms with Gasteiger partial charge in [-0.2, -0.15) is 0 Å². The molecule has 0 saturated heterocycles. The van der Waals surface area contributed by atoms with Crippen molar-refractivity contribution < 1.29 is 9.53 Å². The molecule has 0 aliphatic rings. The van der Waals surface area contributed by atoms with Crippen LogP contribution in [-0.4, -0.2) is 11.0 Å². The maximum atomic E-state index is 12.4. The lowest BCUT2D eigenvalue weighted by atomic mass is 10.1. The predicted molar refractivity (Wildman–Crippen MR) is 93.7 cm³/mol. The molecule has 0 radical (unpaired) electrons. The maximum absolute atomic E-state index is 12.4. The molecule has 3 aromatic rings. The first-order chi connectivity index (χ1) is 10.7. The summed E-state index contributed by atoms with van der Waals surface area (Å²) >= 11 is 0. The number of nitrogens with one attached hydrogen (secondary N) is 1. The van der Waals surface area contributed by atoms with Crippen LogP contribution in [0.5, 0.6) is 0 Å². The zero-order chi connectivity index (χ0) is 15.5. The summed E-state index contributed by atoms with van der Waals surface area (Å²) in [6.45, 7) is 2.59. The van der Waals surface area contributed by atoms with Crippen molar-refractivity contribution in [1.82, 2.24) is 4.98 Å². The van der Waals surface area contributed by atoms with E-state index in [1.165, 1.54) is 0 Å². The zero-order valence-corrected chi connectivity index (χ0v) is 13.7. The summed E-state index contributed by atoms with van der Waals surface area (Å²) in [4.78, 5) is 15.7. The second-order valence-corrected chi connectivity index (χ2v) is 5.27. The molecule has 0 saturated carbocycles. The van der Waals surface area contributed by atoms with E-state index in [1.807, 2.05) is 55.5 Å². The summed E-state index contributed by atoms with van der Waals surface area (Å²) in [5.74, 6) is -0.318. The first-order valence-electron chi connectivity index (χ1n) is 7.21. The minimum Gasteiger partial charge on any atom is -0.457 e. The average Bonchev–Trinajstić information content (AvgIpc) is 2.88. The zero-order valence-electron chi connectivity index (χ0n) is 12.8. The van der Waals surface area contributed by atoms with Crippen LogP contribution in [-0.2, 0) is 17.9 Å². The van der Waals surface area contributed by atoms with Crippen molar-refractivity contribution >= 4 is 29.3 Å². The van der Waals surface area contributed by atoms with Crippen molar-refractivity contribution in [1.29, 1.82) is 0 Å². The topological polar surface area (TPSA) is 68.1 Å². The summed E-state index contributed by atoms with van der Waals surface area (Å²) in [6, 6.07) is 15.5. The number of hydrogen-bond acceptors (Lipinski definition) is 3. The van der Waals surface area contributed by atoms with Crippen LogP contribution >= 0.6 is 12.4 Å². The number of aromatic amines is 1. The summed E-state index contributed by atoms with van der Waals surface area (Å²) in [5.41, 5.74) is 9.95. The Morgan fingerprint density at radius 3 is 2.57 bits per heavy atom. The highest BCUT2D eigenvalue weighted by molar-refractivity contribution is 6.05. The van der Waals surface area contributed by atoms with E-state index in [0.29, 0.717) is 12.1 Å². The van der Waals surface area contributed by atoms with Gasteiger partial charge in [-0.05, 0) is 30.2 Å². The van der Waals surface area contributed by atoms with Gasteiger partial charge in [-0.3, -0.25) is 0 Å². The number of halogens is 1. The number of ether oxygens (including phenoxy) is 1.